The van der Waals surface area contributed by atoms with E-state index in [2.05, 4.69) is 5.32 Å². The van der Waals surface area contributed by atoms with Crippen molar-refractivity contribution in [3.05, 3.63) is 24.0 Å². The molecule has 1 aromatic heterocycles. The van der Waals surface area contributed by atoms with Gasteiger partial charge in [-0.25, -0.2) is 0 Å². The van der Waals surface area contributed by atoms with E-state index >= 15 is 0 Å². The van der Waals surface area contributed by atoms with Crippen LogP contribution in [0.3, 0.4) is 0 Å². The Morgan fingerprint density at radius 2 is 2.16 bits per heavy atom. The van der Waals surface area contributed by atoms with Gasteiger partial charge in [-0.15, -0.1) is 0 Å². The average molecular weight is 265 g/mol. The molecule has 0 bridgehead atoms. The Morgan fingerprint density at radius 1 is 1.37 bits per heavy atom. The van der Waals surface area contributed by atoms with Gasteiger partial charge in [0.05, 0.1) is 0 Å². The molecular formula is C12H15N3O4. The van der Waals surface area contributed by atoms with Crippen molar-refractivity contribution in [2.24, 2.45) is 0 Å². The van der Waals surface area contributed by atoms with E-state index in [1.165, 1.54) is 4.57 Å². The summed E-state index contributed by atoms with van der Waals surface area (Å²) >= 11 is 0. The topological polar surface area (TPSA) is 91.6 Å². The van der Waals surface area contributed by atoms with Gasteiger partial charge in [0.2, 0.25) is 5.91 Å². The molecule has 1 aliphatic rings. The monoisotopic (exact) mass is 265 g/mol. The third-order valence-electron chi connectivity index (χ3n) is 2.95. The molecule has 1 aromatic rings. The van der Waals surface area contributed by atoms with Gasteiger partial charge in [-0.2, -0.15) is 0 Å². The van der Waals surface area contributed by atoms with Gasteiger partial charge in [0.1, 0.15) is 12.2 Å². The minimum atomic E-state index is -1.00. The lowest BCUT2D eigenvalue weighted by molar-refractivity contribution is -0.137. The zero-order valence-electron chi connectivity index (χ0n) is 10.3. The average Bonchev–Trinajstić information content (AvgIpc) is 2.68. The molecule has 2 heterocycles. The van der Waals surface area contributed by atoms with Crippen LogP contribution in [0.15, 0.2) is 18.3 Å². The summed E-state index contributed by atoms with van der Waals surface area (Å²) in [6, 6.07) is 3.23. The fourth-order valence-electron chi connectivity index (χ4n) is 2.02. The van der Waals surface area contributed by atoms with Gasteiger partial charge in [0, 0.05) is 32.3 Å². The molecule has 7 nitrogen and oxygen atoms in total. The van der Waals surface area contributed by atoms with E-state index in [0.29, 0.717) is 25.3 Å². The number of nitrogens with zero attached hydrogens (tertiary/aromatic N) is 2. The number of carbonyl (C=O) groups excluding carboxylic acids is 2. The lowest BCUT2D eigenvalue weighted by Gasteiger charge is -2.20. The molecule has 1 saturated heterocycles. The summed E-state index contributed by atoms with van der Waals surface area (Å²) in [5.41, 5.74) is 0.330. The zero-order valence-corrected chi connectivity index (χ0v) is 10.3. The molecule has 2 rings (SSSR count). The summed E-state index contributed by atoms with van der Waals surface area (Å²) in [5.74, 6) is -1.32. The van der Waals surface area contributed by atoms with Crippen LogP contribution >= 0.6 is 0 Å². The number of carboxylic acid groups (broad SMARTS) is 1. The minimum Gasteiger partial charge on any atom is -0.480 e. The lowest BCUT2D eigenvalue weighted by atomic mass is 10.3. The highest BCUT2D eigenvalue weighted by Gasteiger charge is 2.22. The number of hydrogen-bond donors (Lipinski definition) is 2. The predicted octanol–water partition coefficient (Wildman–Crippen LogP) is -0.465. The van der Waals surface area contributed by atoms with Crippen LogP contribution in [0.4, 0.5) is 0 Å². The number of carboxylic acids is 1. The molecule has 0 atom stereocenters. The Labute approximate surface area is 109 Å². The highest BCUT2D eigenvalue weighted by Crippen LogP contribution is 2.08. The van der Waals surface area contributed by atoms with Crippen LogP contribution in [0.25, 0.3) is 0 Å². The Balaban J connectivity index is 2.12. The van der Waals surface area contributed by atoms with E-state index in [1.807, 2.05) is 0 Å². The molecule has 2 N–H and O–H groups in total. The van der Waals surface area contributed by atoms with Crippen molar-refractivity contribution in [1.82, 2.24) is 14.8 Å². The lowest BCUT2D eigenvalue weighted by Crippen LogP contribution is -2.35. The molecule has 0 unspecified atom stereocenters. The van der Waals surface area contributed by atoms with E-state index in [9.17, 15) is 14.4 Å². The zero-order chi connectivity index (χ0) is 13.8. The second-order valence-corrected chi connectivity index (χ2v) is 4.31. The van der Waals surface area contributed by atoms with Gasteiger partial charge in [-0.3, -0.25) is 14.4 Å². The van der Waals surface area contributed by atoms with Crippen LogP contribution in [-0.4, -0.2) is 52.0 Å². The third kappa shape index (κ3) is 3.12. The van der Waals surface area contributed by atoms with Crippen molar-refractivity contribution >= 4 is 17.8 Å². The molecule has 19 heavy (non-hydrogen) atoms. The van der Waals surface area contributed by atoms with Crippen LogP contribution in [0.1, 0.15) is 16.9 Å². The maximum absolute atomic E-state index is 12.3. The first-order chi connectivity index (χ1) is 9.08. The van der Waals surface area contributed by atoms with Gasteiger partial charge in [-0.1, -0.05) is 0 Å². The predicted molar refractivity (Wildman–Crippen MR) is 65.6 cm³/mol. The highest BCUT2D eigenvalue weighted by atomic mass is 16.4. The van der Waals surface area contributed by atoms with Crippen molar-refractivity contribution in [2.75, 3.05) is 19.6 Å². The highest BCUT2D eigenvalue weighted by molar-refractivity contribution is 5.93. The number of carbonyl (C=O) groups is 3. The number of aliphatic carboxylic acids is 1. The molecule has 0 saturated carbocycles. The van der Waals surface area contributed by atoms with Gasteiger partial charge >= 0.3 is 5.97 Å². The van der Waals surface area contributed by atoms with Gasteiger partial charge < -0.3 is 19.9 Å². The van der Waals surface area contributed by atoms with Gasteiger partial charge in [0.15, 0.2) is 0 Å². The van der Waals surface area contributed by atoms with Crippen LogP contribution in [0, 0.1) is 0 Å². The first kappa shape index (κ1) is 13.1. The van der Waals surface area contributed by atoms with E-state index < -0.39 is 5.97 Å². The summed E-state index contributed by atoms with van der Waals surface area (Å²) in [6.07, 6.45) is 1.83. The van der Waals surface area contributed by atoms with E-state index in [-0.39, 0.29) is 24.8 Å². The second kappa shape index (κ2) is 5.55. The minimum absolute atomic E-state index is 0.0729. The first-order valence-corrected chi connectivity index (χ1v) is 6.01. The van der Waals surface area contributed by atoms with Crippen molar-refractivity contribution in [2.45, 2.75) is 13.0 Å². The molecular weight excluding hydrogens is 250 g/mol. The number of aromatic nitrogens is 1. The Morgan fingerprint density at radius 3 is 2.89 bits per heavy atom. The molecule has 0 aliphatic carbocycles. The summed E-state index contributed by atoms with van der Waals surface area (Å²) in [6.45, 7) is 0.953. The number of nitrogens with one attached hydrogen (secondary N) is 1. The molecule has 2 amide bonds. The molecule has 7 heteroatoms. The normalized spacial score (nSPS) is 15.8. The van der Waals surface area contributed by atoms with Crippen LogP contribution in [0.5, 0.6) is 0 Å². The van der Waals surface area contributed by atoms with E-state index in [4.69, 9.17) is 5.11 Å². The van der Waals surface area contributed by atoms with Crippen molar-refractivity contribution in [3.8, 4) is 0 Å². The van der Waals surface area contributed by atoms with Crippen molar-refractivity contribution in [3.63, 3.8) is 0 Å². The Kier molecular flexibility index (Phi) is 3.84. The smallest absolute Gasteiger partial charge is 0.323 e. The van der Waals surface area contributed by atoms with E-state index in [1.54, 1.807) is 23.2 Å². The molecule has 1 fully saturated rings. The van der Waals surface area contributed by atoms with Crippen molar-refractivity contribution in [1.29, 1.82) is 0 Å². The van der Waals surface area contributed by atoms with Gasteiger partial charge in [-0.05, 0) is 12.1 Å². The quantitative estimate of drug-likeness (QED) is 0.773. The van der Waals surface area contributed by atoms with Crippen LogP contribution in [0.2, 0.25) is 0 Å². The molecule has 0 spiro atoms. The molecule has 102 valence electrons. The molecule has 1 aliphatic heterocycles. The molecule has 0 aromatic carbocycles. The molecule has 0 radical (unpaired) electrons. The summed E-state index contributed by atoms with van der Waals surface area (Å²) in [4.78, 5) is 35.8. The summed E-state index contributed by atoms with van der Waals surface area (Å²) in [5, 5.41) is 11.5. The fourth-order valence-corrected chi connectivity index (χ4v) is 2.02. The number of rotatable bonds is 3. The van der Waals surface area contributed by atoms with E-state index in [0.717, 1.165) is 0 Å². The Bertz CT molecular complexity index is 509. The third-order valence-corrected chi connectivity index (χ3v) is 2.95. The largest absolute Gasteiger partial charge is 0.480 e. The first-order valence-electron chi connectivity index (χ1n) is 6.01. The maximum Gasteiger partial charge on any atom is 0.323 e. The standard InChI is InChI=1S/C12H15N3O4/c16-10-3-6-14(7-4-13-10)12(19)9-2-1-5-15(9)8-11(17)18/h1-2,5H,3-4,6-8H2,(H,13,16)(H,17,18). The summed E-state index contributed by atoms with van der Waals surface area (Å²) in [7, 11) is 0. The number of amides is 2. The Hall–Kier alpha value is -2.31. The van der Waals surface area contributed by atoms with Crippen LogP contribution < -0.4 is 5.32 Å². The second-order valence-electron chi connectivity index (χ2n) is 4.31. The fraction of sp³-hybridized carbons (Fsp3) is 0.417. The number of hydrogen-bond acceptors (Lipinski definition) is 3. The van der Waals surface area contributed by atoms with Gasteiger partial charge in [0.25, 0.3) is 5.91 Å². The summed E-state index contributed by atoms with van der Waals surface area (Å²) < 4.78 is 1.39. The SMILES string of the molecule is O=C(O)Cn1cccc1C(=O)N1CCNC(=O)CC1. The maximum atomic E-state index is 12.3. The van der Waals surface area contributed by atoms with Crippen LogP contribution in [-0.2, 0) is 16.1 Å². The van der Waals surface area contributed by atoms with Crippen molar-refractivity contribution < 1.29 is 19.5 Å².